The molecule has 0 bridgehead atoms. The fourth-order valence-electron chi connectivity index (χ4n) is 7.64. The van der Waals surface area contributed by atoms with Gasteiger partial charge in [0.15, 0.2) is 17.5 Å². The zero-order chi connectivity index (χ0) is 43.8. The minimum atomic E-state index is -0.433. The van der Waals surface area contributed by atoms with Crippen LogP contribution in [0.5, 0.6) is 0 Å². The number of hydrogen-bond donors (Lipinski definition) is 0. The van der Waals surface area contributed by atoms with Crippen molar-refractivity contribution < 1.29 is 9.60 Å². The quantitative estimate of drug-likeness (QED) is 0.170. The number of nitrogens with zero attached hydrogens (tertiary/aromatic N) is 3. The van der Waals surface area contributed by atoms with Crippen LogP contribution in [-0.4, -0.2) is 15.0 Å². The Balaban J connectivity index is 1.15. The first-order chi connectivity index (χ1) is 31.1. The lowest BCUT2D eigenvalue weighted by atomic mass is 9.92. The summed E-state index contributed by atoms with van der Waals surface area (Å²) < 4.78 is 62.9. The predicted octanol–water partition coefficient (Wildman–Crippen LogP) is 14.5. The SMILES string of the molecule is [2H]c1c([2H])c([2H])c2c(sc3c([2H])c([2H])c(-c4nc(-c5cccc(-c6cccc7ccccc67)c5)nc(-c5cccc(-c6cc(-c7ccccc7)cc7ccccc67)c5)n4)c([2H])c32)c1[2H]. The number of aromatic nitrogens is 3. The molecule has 2 heterocycles. The van der Waals surface area contributed by atoms with Gasteiger partial charge in [0.25, 0.3) is 0 Å². The Morgan fingerprint density at radius 3 is 1.68 bits per heavy atom. The van der Waals surface area contributed by atoms with Crippen molar-refractivity contribution in [2.24, 2.45) is 0 Å². The van der Waals surface area contributed by atoms with Gasteiger partial charge in [0.1, 0.15) is 0 Å². The maximum absolute atomic E-state index is 9.64. The van der Waals surface area contributed by atoms with Crippen molar-refractivity contribution >= 4 is 53.1 Å². The second-order valence-corrected chi connectivity index (χ2v) is 14.9. The molecule has 4 heteroatoms. The molecule has 11 rings (SSSR count). The van der Waals surface area contributed by atoms with Crippen LogP contribution in [0.2, 0.25) is 0 Å². The summed E-state index contributed by atoms with van der Waals surface area (Å²) in [6.07, 6.45) is 0. The molecule has 0 aliphatic heterocycles. The van der Waals surface area contributed by atoms with Gasteiger partial charge in [-0.2, -0.15) is 0 Å². The lowest BCUT2D eigenvalue weighted by Crippen LogP contribution is -2.00. The highest BCUT2D eigenvalue weighted by Gasteiger charge is 2.17. The third-order valence-corrected chi connectivity index (χ3v) is 11.4. The first-order valence-electron chi connectivity index (χ1n) is 22.1. The van der Waals surface area contributed by atoms with E-state index in [0.29, 0.717) is 22.8 Å². The summed E-state index contributed by atoms with van der Waals surface area (Å²) in [5, 5.41) is 4.68. The molecule has 0 N–H and O–H groups in total. The zero-order valence-electron chi connectivity index (χ0n) is 37.3. The molecule has 0 spiro atoms. The number of benzene rings is 9. The van der Waals surface area contributed by atoms with Crippen molar-refractivity contribution in [3.63, 3.8) is 0 Å². The average molecular weight is 751 g/mol. The van der Waals surface area contributed by atoms with E-state index in [1.807, 2.05) is 91.0 Å². The second-order valence-electron chi connectivity index (χ2n) is 13.9. The van der Waals surface area contributed by atoms with E-state index < -0.39 is 12.1 Å². The number of hydrogen-bond acceptors (Lipinski definition) is 4. The topological polar surface area (TPSA) is 38.7 Å². The molecule has 266 valence electrons. The average Bonchev–Trinajstić information content (AvgIpc) is 3.76. The summed E-state index contributed by atoms with van der Waals surface area (Å²) in [6.45, 7) is 0. The van der Waals surface area contributed by atoms with Gasteiger partial charge in [-0.3, -0.25) is 0 Å². The van der Waals surface area contributed by atoms with Crippen LogP contribution in [0, 0.1) is 0 Å². The van der Waals surface area contributed by atoms with Gasteiger partial charge >= 0.3 is 0 Å². The summed E-state index contributed by atoms with van der Waals surface area (Å²) in [4.78, 5) is 15.1. The largest absolute Gasteiger partial charge is 0.208 e. The summed E-state index contributed by atoms with van der Waals surface area (Å²) in [7, 11) is 0. The highest BCUT2D eigenvalue weighted by Crippen LogP contribution is 2.39. The highest BCUT2D eigenvalue weighted by atomic mass is 32.1. The van der Waals surface area contributed by atoms with Gasteiger partial charge < -0.3 is 0 Å². The summed E-state index contributed by atoms with van der Waals surface area (Å²) in [6, 6.07) is 51.2. The maximum Gasteiger partial charge on any atom is 0.164 e. The molecule has 0 aliphatic carbocycles. The van der Waals surface area contributed by atoms with Gasteiger partial charge in [0, 0.05) is 36.9 Å². The summed E-state index contributed by atoms with van der Waals surface area (Å²) in [5.41, 5.74) is 7.43. The van der Waals surface area contributed by atoms with Gasteiger partial charge in [-0.25, -0.2) is 15.0 Å². The Hall–Kier alpha value is -7.27. The van der Waals surface area contributed by atoms with Crippen molar-refractivity contribution in [1.82, 2.24) is 15.0 Å². The van der Waals surface area contributed by atoms with E-state index in [-0.39, 0.29) is 61.8 Å². The van der Waals surface area contributed by atoms with Crippen molar-refractivity contribution in [3.8, 4) is 67.5 Å². The smallest absolute Gasteiger partial charge is 0.164 e. The van der Waals surface area contributed by atoms with Crippen LogP contribution in [0.25, 0.3) is 109 Å². The third-order valence-electron chi connectivity index (χ3n) is 10.4. The predicted molar refractivity (Wildman–Crippen MR) is 240 cm³/mol. The van der Waals surface area contributed by atoms with Crippen LogP contribution >= 0.6 is 11.3 Å². The van der Waals surface area contributed by atoms with E-state index >= 15 is 0 Å². The number of fused-ring (bicyclic) bond motifs is 5. The molecule has 0 saturated carbocycles. The van der Waals surface area contributed by atoms with Crippen LogP contribution < -0.4 is 0 Å². The molecule has 0 saturated heterocycles. The van der Waals surface area contributed by atoms with E-state index in [4.69, 9.17) is 20.4 Å². The molecule has 11 aromatic rings. The summed E-state index contributed by atoms with van der Waals surface area (Å²) >= 11 is 0.993. The van der Waals surface area contributed by atoms with Crippen molar-refractivity contribution in [2.45, 2.75) is 0 Å². The highest BCUT2D eigenvalue weighted by molar-refractivity contribution is 7.25. The Labute approximate surface area is 344 Å². The van der Waals surface area contributed by atoms with E-state index in [9.17, 15) is 4.11 Å². The monoisotopic (exact) mass is 750 g/mol. The van der Waals surface area contributed by atoms with Crippen LogP contribution in [0.1, 0.15) is 9.60 Å². The van der Waals surface area contributed by atoms with Gasteiger partial charge in [-0.05, 0) is 103 Å². The Kier molecular flexibility index (Phi) is 6.42. The van der Waals surface area contributed by atoms with Crippen molar-refractivity contribution in [1.29, 1.82) is 0 Å². The van der Waals surface area contributed by atoms with E-state index in [0.717, 1.165) is 66.3 Å². The molecule has 0 aliphatic rings. The molecule has 0 atom stereocenters. The first kappa shape index (κ1) is 26.5. The van der Waals surface area contributed by atoms with Crippen molar-refractivity contribution in [3.05, 3.63) is 200 Å². The zero-order valence-corrected chi connectivity index (χ0v) is 31.1. The molecule has 57 heavy (non-hydrogen) atoms. The van der Waals surface area contributed by atoms with Crippen LogP contribution in [0.4, 0.5) is 0 Å². The van der Waals surface area contributed by atoms with Gasteiger partial charge in [0.2, 0.25) is 0 Å². The Morgan fingerprint density at radius 1 is 0.351 bits per heavy atom. The lowest BCUT2D eigenvalue weighted by molar-refractivity contribution is 1.07. The molecule has 0 unspecified atom stereocenters. The Morgan fingerprint density at radius 2 is 0.912 bits per heavy atom. The molecule has 2 aromatic heterocycles. The minimum Gasteiger partial charge on any atom is -0.208 e. The van der Waals surface area contributed by atoms with Crippen LogP contribution in [-0.2, 0) is 0 Å². The molecule has 0 fully saturated rings. The molecule has 9 aromatic carbocycles. The minimum absolute atomic E-state index is 0.00285. The Bertz CT molecular complexity index is 3720. The maximum atomic E-state index is 9.64. The standard InChI is InChI=1S/C53H33N3S/c1-2-13-34(14-3-1)42-31-36-16-5-7-23-45(36)47(33-42)38-19-11-21-40(30-38)52-54-51(39-20-10-18-37(29-39)44-25-12-17-35-15-4-6-22-43(35)44)55-53(56-52)41-27-28-50-48(32-41)46-24-8-9-26-49(46)57-50/h1-33H/i8D,9D,24D,26D,27D,28D,32D. The molecular weight excluding hydrogens is 711 g/mol. The third kappa shape index (κ3) is 6.04. The van der Waals surface area contributed by atoms with Gasteiger partial charge in [-0.15, -0.1) is 11.3 Å². The van der Waals surface area contributed by atoms with Crippen LogP contribution in [0.3, 0.4) is 0 Å². The number of rotatable bonds is 6. The molecular formula is C53H33N3S. The molecule has 3 nitrogen and oxygen atoms in total. The molecule has 0 radical (unpaired) electrons. The fourth-order valence-corrected chi connectivity index (χ4v) is 8.55. The van der Waals surface area contributed by atoms with Crippen LogP contribution in [0.15, 0.2) is 200 Å². The lowest BCUT2D eigenvalue weighted by Gasteiger charge is -2.13. The first-order valence-corrected chi connectivity index (χ1v) is 19.4. The summed E-state index contributed by atoms with van der Waals surface area (Å²) in [5.74, 6) is 0.595. The normalized spacial score (nSPS) is 13.2. The second kappa shape index (κ2) is 13.8. The molecule has 0 amide bonds. The number of thiophene rings is 1. The van der Waals surface area contributed by atoms with E-state index in [1.165, 1.54) is 0 Å². The van der Waals surface area contributed by atoms with Crippen molar-refractivity contribution in [2.75, 3.05) is 0 Å². The van der Waals surface area contributed by atoms with Gasteiger partial charge in [0.05, 0.1) is 9.60 Å². The van der Waals surface area contributed by atoms with E-state index in [1.54, 1.807) is 0 Å². The fraction of sp³-hybridized carbons (Fsp3) is 0. The van der Waals surface area contributed by atoms with E-state index in [2.05, 4.69) is 66.7 Å². The van der Waals surface area contributed by atoms with Gasteiger partial charge in [-0.1, -0.05) is 152 Å².